The highest BCUT2D eigenvalue weighted by Crippen LogP contribution is 2.18. The van der Waals surface area contributed by atoms with Crippen molar-refractivity contribution in [1.29, 1.82) is 0 Å². The SMILES string of the molecule is COCCCC(C(=O)O)N1C(=O)C=C(C)C1=O. The fraction of sp³-hybridized carbons (Fsp3) is 0.545. The Bertz CT molecular complexity index is 374. The third-order valence-electron chi connectivity index (χ3n) is 2.56. The van der Waals surface area contributed by atoms with E-state index in [4.69, 9.17) is 9.84 Å². The molecule has 0 aromatic carbocycles. The Hall–Kier alpha value is -1.69. The smallest absolute Gasteiger partial charge is 0.326 e. The molecule has 0 saturated carbocycles. The van der Waals surface area contributed by atoms with Crippen molar-refractivity contribution in [2.45, 2.75) is 25.8 Å². The highest BCUT2D eigenvalue weighted by Gasteiger charge is 2.37. The van der Waals surface area contributed by atoms with Gasteiger partial charge in [0.25, 0.3) is 11.8 Å². The average Bonchev–Trinajstić information content (AvgIpc) is 2.49. The molecule has 0 aromatic heterocycles. The van der Waals surface area contributed by atoms with Crippen molar-refractivity contribution >= 4 is 17.8 Å². The molecule has 1 unspecified atom stereocenters. The van der Waals surface area contributed by atoms with Crippen LogP contribution in [-0.4, -0.2) is 47.5 Å². The van der Waals surface area contributed by atoms with Gasteiger partial charge in [0.1, 0.15) is 6.04 Å². The second kappa shape index (κ2) is 5.58. The van der Waals surface area contributed by atoms with E-state index in [0.717, 1.165) is 11.0 Å². The molecule has 0 saturated heterocycles. The third kappa shape index (κ3) is 2.91. The molecule has 17 heavy (non-hydrogen) atoms. The van der Waals surface area contributed by atoms with E-state index in [9.17, 15) is 14.4 Å². The fourth-order valence-electron chi connectivity index (χ4n) is 1.69. The maximum Gasteiger partial charge on any atom is 0.326 e. The molecule has 1 N–H and O–H groups in total. The van der Waals surface area contributed by atoms with Crippen molar-refractivity contribution in [2.24, 2.45) is 0 Å². The van der Waals surface area contributed by atoms with Crippen LogP contribution in [0.1, 0.15) is 19.8 Å². The van der Waals surface area contributed by atoms with Gasteiger partial charge in [0.2, 0.25) is 0 Å². The Kier molecular flexibility index (Phi) is 4.39. The summed E-state index contributed by atoms with van der Waals surface area (Å²) in [6.07, 6.45) is 1.83. The molecule has 1 atom stereocenters. The van der Waals surface area contributed by atoms with Gasteiger partial charge in [-0.05, 0) is 19.8 Å². The van der Waals surface area contributed by atoms with Crippen LogP contribution >= 0.6 is 0 Å². The number of rotatable bonds is 6. The summed E-state index contributed by atoms with van der Waals surface area (Å²) in [4.78, 5) is 35.0. The van der Waals surface area contributed by atoms with Gasteiger partial charge in [-0.1, -0.05) is 0 Å². The van der Waals surface area contributed by atoms with Gasteiger partial charge in [-0.15, -0.1) is 0 Å². The number of nitrogens with zero attached hydrogens (tertiary/aromatic N) is 1. The lowest BCUT2D eigenvalue weighted by Gasteiger charge is -2.22. The van der Waals surface area contributed by atoms with Crippen molar-refractivity contribution in [3.8, 4) is 0 Å². The lowest BCUT2D eigenvalue weighted by Crippen LogP contribution is -2.45. The predicted molar refractivity (Wildman–Crippen MR) is 58.1 cm³/mol. The second-order valence-electron chi connectivity index (χ2n) is 3.83. The molecule has 6 nitrogen and oxygen atoms in total. The minimum Gasteiger partial charge on any atom is -0.480 e. The van der Waals surface area contributed by atoms with Crippen LogP contribution in [0.5, 0.6) is 0 Å². The Morgan fingerprint density at radius 2 is 2.18 bits per heavy atom. The number of hydrogen-bond donors (Lipinski definition) is 1. The van der Waals surface area contributed by atoms with Crippen molar-refractivity contribution in [2.75, 3.05) is 13.7 Å². The first-order chi connectivity index (χ1) is 7.99. The zero-order chi connectivity index (χ0) is 13.0. The van der Waals surface area contributed by atoms with E-state index in [2.05, 4.69) is 0 Å². The number of carboxylic acids is 1. The zero-order valence-electron chi connectivity index (χ0n) is 9.80. The summed E-state index contributed by atoms with van der Waals surface area (Å²) >= 11 is 0. The number of amides is 2. The highest BCUT2D eigenvalue weighted by atomic mass is 16.5. The first-order valence-electron chi connectivity index (χ1n) is 5.26. The van der Waals surface area contributed by atoms with E-state index < -0.39 is 23.8 Å². The van der Waals surface area contributed by atoms with Gasteiger partial charge < -0.3 is 9.84 Å². The molecule has 0 spiro atoms. The Balaban J connectivity index is 2.75. The lowest BCUT2D eigenvalue weighted by molar-refractivity contribution is -0.153. The lowest BCUT2D eigenvalue weighted by atomic mass is 10.1. The van der Waals surface area contributed by atoms with Crippen LogP contribution in [0.15, 0.2) is 11.6 Å². The second-order valence-corrected chi connectivity index (χ2v) is 3.83. The van der Waals surface area contributed by atoms with Crippen molar-refractivity contribution < 1.29 is 24.2 Å². The van der Waals surface area contributed by atoms with E-state index in [1.165, 1.54) is 14.0 Å². The molecule has 0 fully saturated rings. The molecule has 1 rings (SSSR count). The summed E-state index contributed by atoms with van der Waals surface area (Å²) in [6.45, 7) is 1.89. The number of carbonyl (C=O) groups excluding carboxylic acids is 2. The van der Waals surface area contributed by atoms with Crippen LogP contribution in [0, 0.1) is 0 Å². The van der Waals surface area contributed by atoms with Crippen LogP contribution < -0.4 is 0 Å². The molecule has 94 valence electrons. The van der Waals surface area contributed by atoms with Crippen LogP contribution in [-0.2, 0) is 19.1 Å². The normalized spacial score (nSPS) is 17.3. The van der Waals surface area contributed by atoms with E-state index in [-0.39, 0.29) is 12.0 Å². The molecule has 1 heterocycles. The molecule has 0 aromatic rings. The highest BCUT2D eigenvalue weighted by molar-refractivity contribution is 6.17. The van der Waals surface area contributed by atoms with Gasteiger partial charge in [0.05, 0.1) is 0 Å². The van der Waals surface area contributed by atoms with E-state index in [1.54, 1.807) is 0 Å². The Labute approximate surface area is 98.8 Å². The molecular formula is C11H15NO5. The summed E-state index contributed by atoms with van der Waals surface area (Å²) in [5.74, 6) is -2.26. The van der Waals surface area contributed by atoms with Gasteiger partial charge in [0.15, 0.2) is 0 Å². The third-order valence-corrected chi connectivity index (χ3v) is 2.56. The zero-order valence-corrected chi connectivity index (χ0v) is 9.80. The minimum absolute atomic E-state index is 0.196. The number of hydrogen-bond acceptors (Lipinski definition) is 4. The van der Waals surface area contributed by atoms with Crippen LogP contribution in [0.2, 0.25) is 0 Å². The summed E-state index contributed by atoms with van der Waals surface area (Å²) in [6, 6.07) is -1.11. The Morgan fingerprint density at radius 1 is 1.53 bits per heavy atom. The first-order valence-corrected chi connectivity index (χ1v) is 5.26. The monoisotopic (exact) mass is 241 g/mol. The van der Waals surface area contributed by atoms with E-state index in [0.29, 0.717) is 13.0 Å². The summed E-state index contributed by atoms with van der Waals surface area (Å²) in [5.41, 5.74) is 0.271. The number of carbonyl (C=O) groups is 3. The summed E-state index contributed by atoms with van der Waals surface area (Å²) in [7, 11) is 1.51. The van der Waals surface area contributed by atoms with Gasteiger partial charge >= 0.3 is 5.97 Å². The number of aliphatic carboxylic acids is 1. The average molecular weight is 241 g/mol. The first kappa shape index (κ1) is 13.4. The number of carboxylic acid groups (broad SMARTS) is 1. The standard InChI is InChI=1S/C11H15NO5/c1-7-6-9(13)12(10(7)14)8(11(15)16)4-3-5-17-2/h6,8H,3-5H2,1-2H3,(H,15,16). The fourth-order valence-corrected chi connectivity index (χ4v) is 1.69. The molecular weight excluding hydrogens is 226 g/mol. The molecule has 1 aliphatic rings. The van der Waals surface area contributed by atoms with Crippen LogP contribution in [0.4, 0.5) is 0 Å². The van der Waals surface area contributed by atoms with E-state index in [1.807, 2.05) is 0 Å². The number of methoxy groups -OCH3 is 1. The maximum absolute atomic E-state index is 11.6. The number of imide groups is 1. The molecule has 0 radical (unpaired) electrons. The van der Waals surface area contributed by atoms with Crippen molar-refractivity contribution in [3.63, 3.8) is 0 Å². The van der Waals surface area contributed by atoms with Crippen LogP contribution in [0.25, 0.3) is 0 Å². The van der Waals surface area contributed by atoms with Gasteiger partial charge in [-0.25, -0.2) is 4.79 Å². The van der Waals surface area contributed by atoms with E-state index >= 15 is 0 Å². The quantitative estimate of drug-likeness (QED) is 0.529. The summed E-state index contributed by atoms with van der Waals surface area (Å²) in [5, 5.41) is 9.04. The molecule has 0 bridgehead atoms. The van der Waals surface area contributed by atoms with Crippen molar-refractivity contribution in [3.05, 3.63) is 11.6 Å². The molecule has 2 amide bonds. The Morgan fingerprint density at radius 3 is 2.59 bits per heavy atom. The molecule has 6 heteroatoms. The predicted octanol–water partition coefficient (Wildman–Crippen LogP) is 0.181. The van der Waals surface area contributed by atoms with Gasteiger partial charge in [-0.3, -0.25) is 14.5 Å². The molecule has 0 aliphatic carbocycles. The minimum atomic E-state index is -1.18. The number of ether oxygens (including phenoxy) is 1. The summed E-state index contributed by atoms with van der Waals surface area (Å²) < 4.78 is 4.82. The maximum atomic E-state index is 11.6. The van der Waals surface area contributed by atoms with Gasteiger partial charge in [0, 0.05) is 25.4 Å². The largest absolute Gasteiger partial charge is 0.480 e. The van der Waals surface area contributed by atoms with Gasteiger partial charge in [-0.2, -0.15) is 0 Å². The topological polar surface area (TPSA) is 83.9 Å². The van der Waals surface area contributed by atoms with Crippen LogP contribution in [0.3, 0.4) is 0 Å². The molecule has 1 aliphatic heterocycles. The van der Waals surface area contributed by atoms with Crippen molar-refractivity contribution in [1.82, 2.24) is 4.90 Å².